The summed E-state index contributed by atoms with van der Waals surface area (Å²) in [4.78, 5) is 29.8. The largest absolute Gasteiger partial charge is 0.389 e. The van der Waals surface area contributed by atoms with Crippen molar-refractivity contribution in [1.82, 2.24) is 9.63 Å². The van der Waals surface area contributed by atoms with E-state index in [2.05, 4.69) is 5.32 Å². The number of hydrogen-bond acceptors (Lipinski definition) is 5. The predicted octanol–water partition coefficient (Wildman–Crippen LogP) is 2.17. The number of carbonyl (C=O) groups is 2. The quantitative estimate of drug-likeness (QED) is 0.816. The average Bonchev–Trinajstić information content (AvgIpc) is 3.14. The highest BCUT2D eigenvalue weighted by atomic mass is 19.1. The molecule has 2 N–H and O–H groups in total. The van der Waals surface area contributed by atoms with Crippen molar-refractivity contribution in [3.8, 4) is 0 Å². The van der Waals surface area contributed by atoms with Gasteiger partial charge in [0, 0.05) is 14.0 Å². The Labute approximate surface area is 149 Å². The molecular weight excluding hydrogens is 341 g/mol. The highest BCUT2D eigenvalue weighted by Crippen LogP contribution is 2.28. The van der Waals surface area contributed by atoms with Gasteiger partial charge in [0.25, 0.3) is 5.91 Å². The Bertz CT molecular complexity index is 878. The Morgan fingerprint density at radius 3 is 2.65 bits per heavy atom. The summed E-state index contributed by atoms with van der Waals surface area (Å²) in [5.41, 5.74) is 1.40. The van der Waals surface area contributed by atoms with E-state index < -0.39 is 17.8 Å². The molecule has 1 aliphatic rings. The first-order chi connectivity index (χ1) is 12.3. The number of carbonyl (C=O) groups excluding carboxylic acids is 2. The summed E-state index contributed by atoms with van der Waals surface area (Å²) in [6, 6.07) is 6.11. The molecule has 0 saturated carbocycles. The van der Waals surface area contributed by atoms with Crippen LogP contribution in [0.2, 0.25) is 0 Å². The third kappa shape index (κ3) is 3.33. The first kappa shape index (κ1) is 18.1. The van der Waals surface area contributed by atoms with E-state index in [1.165, 1.54) is 23.6 Å². The van der Waals surface area contributed by atoms with Crippen LogP contribution in [0.15, 0.2) is 24.3 Å². The summed E-state index contributed by atoms with van der Waals surface area (Å²) >= 11 is 0. The number of hydroxylamine groups is 2. The number of halogens is 1. The number of anilines is 2. The van der Waals surface area contributed by atoms with Crippen molar-refractivity contribution in [2.45, 2.75) is 20.0 Å². The highest BCUT2D eigenvalue weighted by Gasteiger charge is 2.31. The fourth-order valence-corrected chi connectivity index (χ4v) is 2.85. The summed E-state index contributed by atoms with van der Waals surface area (Å²) in [6.45, 7) is 3.21. The molecule has 1 aliphatic heterocycles. The molecule has 1 saturated heterocycles. The van der Waals surface area contributed by atoms with Gasteiger partial charge < -0.3 is 15.0 Å². The SMILES string of the molecule is CC(=O)c1cc(C(=O)N2CC(O)CO2)c(Nc2ccc(C)cc2F)n1C. The van der Waals surface area contributed by atoms with E-state index >= 15 is 0 Å². The smallest absolute Gasteiger partial charge is 0.281 e. The second-order valence-electron chi connectivity index (χ2n) is 6.33. The molecule has 1 fully saturated rings. The third-order valence-electron chi connectivity index (χ3n) is 4.23. The molecule has 7 nitrogen and oxygen atoms in total. The molecule has 1 aromatic carbocycles. The number of amides is 1. The minimum Gasteiger partial charge on any atom is -0.389 e. The topological polar surface area (TPSA) is 83.8 Å². The summed E-state index contributed by atoms with van der Waals surface area (Å²) in [6.07, 6.45) is -0.763. The number of Topliss-reactive ketones (excluding diaryl/α,β-unsaturated/α-hetero) is 1. The fraction of sp³-hybridized carbons (Fsp3) is 0.333. The lowest BCUT2D eigenvalue weighted by Gasteiger charge is -2.16. The lowest BCUT2D eigenvalue weighted by molar-refractivity contribution is -0.0779. The van der Waals surface area contributed by atoms with Crippen LogP contribution in [0, 0.1) is 12.7 Å². The van der Waals surface area contributed by atoms with Gasteiger partial charge in [-0.15, -0.1) is 0 Å². The van der Waals surface area contributed by atoms with Crippen LogP contribution >= 0.6 is 0 Å². The summed E-state index contributed by atoms with van der Waals surface area (Å²) in [5.74, 6) is -0.948. The number of rotatable bonds is 4. The lowest BCUT2D eigenvalue weighted by atomic mass is 10.2. The van der Waals surface area contributed by atoms with Crippen molar-refractivity contribution in [2.75, 3.05) is 18.5 Å². The average molecular weight is 361 g/mol. The predicted molar refractivity (Wildman–Crippen MR) is 92.8 cm³/mol. The summed E-state index contributed by atoms with van der Waals surface area (Å²) in [7, 11) is 1.61. The molecule has 2 aromatic rings. The lowest BCUT2D eigenvalue weighted by Crippen LogP contribution is -2.28. The Morgan fingerprint density at radius 2 is 2.08 bits per heavy atom. The van der Waals surface area contributed by atoms with Crippen molar-refractivity contribution in [3.05, 3.63) is 46.9 Å². The zero-order valence-electron chi connectivity index (χ0n) is 14.7. The molecule has 0 spiro atoms. The van der Waals surface area contributed by atoms with Crippen molar-refractivity contribution in [3.63, 3.8) is 0 Å². The molecule has 0 radical (unpaired) electrons. The van der Waals surface area contributed by atoms with E-state index in [-0.39, 0.29) is 36.0 Å². The van der Waals surface area contributed by atoms with Gasteiger partial charge in [-0.1, -0.05) is 6.07 Å². The Balaban J connectivity index is 2.02. The Morgan fingerprint density at radius 1 is 1.35 bits per heavy atom. The Hall–Kier alpha value is -2.71. The van der Waals surface area contributed by atoms with Crippen LogP contribution in [0.3, 0.4) is 0 Å². The van der Waals surface area contributed by atoms with Crippen LogP contribution in [-0.4, -0.2) is 45.7 Å². The molecule has 0 bridgehead atoms. The van der Waals surface area contributed by atoms with Gasteiger partial charge in [-0.25, -0.2) is 9.45 Å². The first-order valence-corrected chi connectivity index (χ1v) is 8.14. The summed E-state index contributed by atoms with van der Waals surface area (Å²) < 4.78 is 15.7. The number of ketones is 1. The van der Waals surface area contributed by atoms with E-state index in [0.717, 1.165) is 10.6 Å². The second-order valence-corrected chi connectivity index (χ2v) is 6.33. The zero-order chi connectivity index (χ0) is 19.0. The second kappa shape index (κ2) is 6.89. The Kier molecular flexibility index (Phi) is 4.80. The maximum absolute atomic E-state index is 14.2. The van der Waals surface area contributed by atoms with E-state index in [4.69, 9.17) is 4.84 Å². The van der Waals surface area contributed by atoms with Gasteiger partial charge in [-0.2, -0.15) is 0 Å². The number of nitrogens with zero attached hydrogens (tertiary/aromatic N) is 2. The van der Waals surface area contributed by atoms with Crippen molar-refractivity contribution in [1.29, 1.82) is 0 Å². The molecule has 0 aliphatic carbocycles. The van der Waals surface area contributed by atoms with Crippen LogP contribution < -0.4 is 5.32 Å². The number of nitrogens with one attached hydrogen (secondary N) is 1. The van der Waals surface area contributed by atoms with E-state index in [1.807, 2.05) is 0 Å². The maximum Gasteiger partial charge on any atom is 0.281 e. The standard InChI is InChI=1S/C18H20FN3O4/c1-10-4-5-15(14(19)6-10)20-17-13(7-16(11(2)23)21(17)3)18(25)22-8-12(24)9-26-22/h4-7,12,20,24H,8-9H2,1-3H3. The number of hydrogen-bond donors (Lipinski definition) is 2. The minimum atomic E-state index is -0.763. The molecule has 1 unspecified atom stereocenters. The molecule has 3 rings (SSSR count). The number of aliphatic hydroxyl groups is 1. The van der Waals surface area contributed by atoms with Gasteiger partial charge >= 0.3 is 0 Å². The van der Waals surface area contributed by atoms with Gasteiger partial charge in [-0.05, 0) is 30.7 Å². The molecule has 138 valence electrons. The van der Waals surface area contributed by atoms with Gasteiger partial charge in [-0.3, -0.25) is 14.4 Å². The minimum absolute atomic E-state index is 0.0213. The van der Waals surface area contributed by atoms with Gasteiger partial charge in [0.05, 0.1) is 23.5 Å². The van der Waals surface area contributed by atoms with Crippen LogP contribution in [0.25, 0.3) is 0 Å². The molecular formula is C18H20FN3O4. The van der Waals surface area contributed by atoms with Crippen LogP contribution in [0.5, 0.6) is 0 Å². The number of aliphatic hydroxyl groups excluding tert-OH is 1. The van der Waals surface area contributed by atoms with Crippen LogP contribution in [0.4, 0.5) is 15.9 Å². The van der Waals surface area contributed by atoms with E-state index in [0.29, 0.717) is 5.69 Å². The summed E-state index contributed by atoms with van der Waals surface area (Å²) in [5, 5.41) is 13.5. The van der Waals surface area contributed by atoms with Crippen LogP contribution in [0.1, 0.15) is 33.3 Å². The number of benzene rings is 1. The van der Waals surface area contributed by atoms with Gasteiger partial charge in [0.15, 0.2) is 5.78 Å². The number of aryl methyl sites for hydroxylation is 1. The van der Waals surface area contributed by atoms with Gasteiger partial charge in [0.2, 0.25) is 0 Å². The maximum atomic E-state index is 14.2. The van der Waals surface area contributed by atoms with Crippen molar-refractivity contribution >= 4 is 23.2 Å². The number of aromatic nitrogens is 1. The van der Waals surface area contributed by atoms with E-state index in [9.17, 15) is 19.1 Å². The molecule has 1 atom stereocenters. The third-order valence-corrected chi connectivity index (χ3v) is 4.23. The first-order valence-electron chi connectivity index (χ1n) is 8.14. The highest BCUT2D eigenvalue weighted by molar-refractivity contribution is 6.04. The normalized spacial score (nSPS) is 16.8. The van der Waals surface area contributed by atoms with Crippen molar-refractivity contribution in [2.24, 2.45) is 7.05 Å². The monoisotopic (exact) mass is 361 g/mol. The van der Waals surface area contributed by atoms with Crippen molar-refractivity contribution < 1.29 is 23.9 Å². The molecule has 1 amide bonds. The fourth-order valence-electron chi connectivity index (χ4n) is 2.85. The van der Waals surface area contributed by atoms with E-state index in [1.54, 1.807) is 26.1 Å². The number of β-amino-alcohol motifs (C(OH)–C–C–N with tert-alkyl or cyclic N) is 1. The molecule has 26 heavy (non-hydrogen) atoms. The van der Waals surface area contributed by atoms with Gasteiger partial charge in [0.1, 0.15) is 24.3 Å². The molecule has 8 heteroatoms. The zero-order valence-corrected chi connectivity index (χ0v) is 14.7. The molecule has 2 heterocycles. The van der Waals surface area contributed by atoms with Crippen LogP contribution in [-0.2, 0) is 11.9 Å². The molecule has 1 aromatic heterocycles.